The number of benzene rings is 4. The maximum Gasteiger partial charge on any atom is 0.314 e. The molecule has 8 rings (SSSR count). The summed E-state index contributed by atoms with van der Waals surface area (Å²) in [6.45, 7) is 4.03. The molecule has 0 saturated heterocycles. The number of thiol groups is 1. The number of thiazole rings is 1. The lowest BCUT2D eigenvalue weighted by Gasteiger charge is -2.26. The van der Waals surface area contributed by atoms with Gasteiger partial charge in [0.15, 0.2) is 22.3 Å². The molecule has 2 fully saturated rings. The highest BCUT2D eigenvalue weighted by Crippen LogP contribution is 2.44. The van der Waals surface area contributed by atoms with Crippen molar-refractivity contribution in [2.45, 2.75) is 65.2 Å². The van der Waals surface area contributed by atoms with Crippen molar-refractivity contribution in [2.75, 3.05) is 7.11 Å². The van der Waals surface area contributed by atoms with Crippen LogP contribution in [0.25, 0.3) is 32.0 Å². The molecule has 2 aliphatic carbocycles. The Morgan fingerprint density at radius 1 is 0.617 bits per heavy atom. The number of aryl methyl sites for hydroxylation is 2. The monoisotopic (exact) mass is 849 g/mol. The van der Waals surface area contributed by atoms with E-state index in [-0.39, 0.29) is 35.3 Å². The Bertz CT molecular complexity index is 2410. The molecule has 60 heavy (non-hydrogen) atoms. The Hall–Kier alpha value is -5.86. The number of ether oxygens (including phenoxy) is 5. The number of aromatic nitrogens is 1. The van der Waals surface area contributed by atoms with E-state index in [0.29, 0.717) is 95.3 Å². The third-order valence-corrected chi connectivity index (χ3v) is 12.6. The van der Waals surface area contributed by atoms with Crippen LogP contribution in [0.15, 0.2) is 83.3 Å². The van der Waals surface area contributed by atoms with Crippen molar-refractivity contribution in [2.24, 2.45) is 23.7 Å². The van der Waals surface area contributed by atoms with Crippen molar-refractivity contribution < 1.29 is 51.5 Å². The Labute approximate surface area is 355 Å². The SMILES string of the molecule is COc1ccc(OC(=O)C2CCC(C(=O)Oc3ccc(OC(=O)C4CCC(C(=O)Oc5ccc(OS)cc5)CC4)c4sc(-c5cc6c(C)cc(C)cc6o5)nc34)CC2)cc1. The summed E-state index contributed by atoms with van der Waals surface area (Å²) in [6, 6.07) is 22.6. The van der Waals surface area contributed by atoms with Crippen LogP contribution in [0.5, 0.6) is 34.5 Å². The highest BCUT2D eigenvalue weighted by molar-refractivity contribution is 7.75. The first-order valence-corrected chi connectivity index (χ1v) is 21.1. The maximum atomic E-state index is 13.7. The van der Waals surface area contributed by atoms with Crippen molar-refractivity contribution in [1.82, 2.24) is 4.98 Å². The van der Waals surface area contributed by atoms with Gasteiger partial charge in [-0.15, -0.1) is 11.3 Å². The van der Waals surface area contributed by atoms with Crippen LogP contribution < -0.4 is 27.9 Å². The van der Waals surface area contributed by atoms with Crippen molar-refractivity contribution in [3.05, 3.63) is 90.0 Å². The van der Waals surface area contributed by atoms with E-state index in [1.807, 2.05) is 26.0 Å². The average Bonchev–Trinajstić information content (AvgIpc) is 3.91. The topological polar surface area (TPSA) is 150 Å². The van der Waals surface area contributed by atoms with E-state index in [1.54, 1.807) is 67.8 Å². The molecular formula is C46H43NO11S2. The molecule has 4 aromatic carbocycles. The van der Waals surface area contributed by atoms with Crippen LogP contribution in [0.2, 0.25) is 0 Å². The second-order valence-electron chi connectivity index (χ2n) is 15.4. The summed E-state index contributed by atoms with van der Waals surface area (Å²) in [6.07, 6.45) is 3.74. The van der Waals surface area contributed by atoms with Gasteiger partial charge in [0.2, 0.25) is 0 Å². The molecule has 0 aliphatic heterocycles. The third-order valence-electron chi connectivity index (χ3n) is 11.3. The van der Waals surface area contributed by atoms with Gasteiger partial charge < -0.3 is 32.3 Å². The fourth-order valence-electron chi connectivity index (χ4n) is 7.95. The molecule has 0 atom stereocenters. The number of rotatable bonds is 11. The molecule has 0 unspecified atom stereocenters. The van der Waals surface area contributed by atoms with E-state index in [2.05, 4.69) is 19.0 Å². The summed E-state index contributed by atoms with van der Waals surface area (Å²) < 4.78 is 40.1. The summed E-state index contributed by atoms with van der Waals surface area (Å²) in [7, 11) is 1.57. The van der Waals surface area contributed by atoms with Crippen LogP contribution in [0, 0.1) is 37.5 Å². The number of carbonyl (C=O) groups is 4. The number of hydrogen-bond donors (Lipinski definition) is 1. The van der Waals surface area contributed by atoms with E-state index < -0.39 is 23.8 Å². The number of carbonyl (C=O) groups excluding carboxylic acids is 4. The van der Waals surface area contributed by atoms with Crippen molar-refractivity contribution >= 4 is 69.3 Å². The number of hydrogen-bond acceptors (Lipinski definition) is 14. The van der Waals surface area contributed by atoms with Gasteiger partial charge in [0.1, 0.15) is 38.8 Å². The fourth-order valence-corrected chi connectivity index (χ4v) is 9.05. The highest BCUT2D eigenvalue weighted by atomic mass is 32.1. The summed E-state index contributed by atoms with van der Waals surface area (Å²) in [5.41, 5.74) is 3.22. The summed E-state index contributed by atoms with van der Waals surface area (Å²) in [5, 5.41) is 1.49. The summed E-state index contributed by atoms with van der Waals surface area (Å²) in [4.78, 5) is 58.1. The van der Waals surface area contributed by atoms with Crippen LogP contribution in [-0.2, 0) is 19.2 Å². The standard InChI is InChI=1S/C46H43NO11S2/c1-25-22-26(2)35-24-39(55-38(35)23-25)42-47-40-36(56-45(50)29-8-4-27(5-9-29)43(48)53-32-14-12-31(52-3)13-15-32)20-21-37(41(40)60-42)57-46(51)30-10-6-28(7-11-30)44(49)54-33-16-18-34(58-59)19-17-33/h12-24,27-30,59H,4-11H2,1-3H3. The molecule has 0 N–H and O–H groups in total. The van der Waals surface area contributed by atoms with Gasteiger partial charge in [0, 0.05) is 18.3 Å². The first kappa shape index (κ1) is 40.9. The van der Waals surface area contributed by atoms with Gasteiger partial charge in [0.05, 0.1) is 30.8 Å². The zero-order valence-electron chi connectivity index (χ0n) is 33.3. The molecule has 2 aliphatic rings. The Balaban J connectivity index is 0.961. The number of methoxy groups -OCH3 is 1. The zero-order valence-corrected chi connectivity index (χ0v) is 35.0. The lowest BCUT2D eigenvalue weighted by atomic mass is 9.82. The molecule has 14 heteroatoms. The van der Waals surface area contributed by atoms with Crippen molar-refractivity contribution in [3.63, 3.8) is 0 Å². The minimum absolute atomic E-state index is 0.230. The predicted octanol–water partition coefficient (Wildman–Crippen LogP) is 10.2. The highest BCUT2D eigenvalue weighted by Gasteiger charge is 2.35. The smallest absolute Gasteiger partial charge is 0.314 e. The molecule has 310 valence electrons. The Kier molecular flexibility index (Phi) is 12.1. The minimum Gasteiger partial charge on any atom is -0.497 e. The molecule has 2 heterocycles. The lowest BCUT2D eigenvalue weighted by Crippen LogP contribution is -2.30. The molecule has 0 amide bonds. The lowest BCUT2D eigenvalue weighted by molar-refractivity contribution is -0.145. The fraction of sp³-hybridized carbons (Fsp3) is 0.326. The van der Waals surface area contributed by atoms with Crippen LogP contribution in [-0.4, -0.2) is 36.0 Å². The number of nitrogens with zero attached hydrogens (tertiary/aromatic N) is 1. The minimum atomic E-state index is -0.428. The number of fused-ring (bicyclic) bond motifs is 2. The Morgan fingerprint density at radius 3 is 1.60 bits per heavy atom. The molecule has 0 bridgehead atoms. The maximum absolute atomic E-state index is 13.7. The van der Waals surface area contributed by atoms with Crippen molar-refractivity contribution in [1.29, 1.82) is 0 Å². The second kappa shape index (κ2) is 17.8. The summed E-state index contributed by atoms with van der Waals surface area (Å²) in [5.74, 6) is 0.0234. The van der Waals surface area contributed by atoms with Crippen LogP contribution in [0.4, 0.5) is 0 Å². The largest absolute Gasteiger partial charge is 0.497 e. The molecule has 6 aromatic rings. The van der Waals surface area contributed by atoms with Gasteiger partial charge in [0.25, 0.3) is 0 Å². The first-order chi connectivity index (χ1) is 29.0. The third kappa shape index (κ3) is 8.99. The molecule has 0 radical (unpaired) electrons. The first-order valence-electron chi connectivity index (χ1n) is 19.9. The van der Waals surface area contributed by atoms with Gasteiger partial charge in [-0.25, -0.2) is 4.98 Å². The quantitative estimate of drug-likeness (QED) is 0.0572. The predicted molar refractivity (Wildman–Crippen MR) is 227 cm³/mol. The van der Waals surface area contributed by atoms with E-state index >= 15 is 0 Å². The van der Waals surface area contributed by atoms with E-state index in [4.69, 9.17) is 37.3 Å². The van der Waals surface area contributed by atoms with Gasteiger partial charge in [-0.2, -0.15) is 0 Å². The van der Waals surface area contributed by atoms with Gasteiger partial charge >= 0.3 is 23.9 Å². The van der Waals surface area contributed by atoms with E-state index in [9.17, 15) is 19.2 Å². The van der Waals surface area contributed by atoms with E-state index in [0.717, 1.165) is 22.1 Å². The molecule has 12 nitrogen and oxygen atoms in total. The Morgan fingerprint density at radius 2 is 1.08 bits per heavy atom. The van der Waals surface area contributed by atoms with Crippen LogP contribution in [0.1, 0.15) is 62.5 Å². The van der Waals surface area contributed by atoms with Gasteiger partial charge in [-0.05, 0) is 149 Å². The van der Waals surface area contributed by atoms with Gasteiger partial charge in [-0.3, -0.25) is 19.2 Å². The molecule has 2 saturated carbocycles. The number of furan rings is 1. The number of esters is 4. The van der Waals surface area contributed by atoms with Crippen molar-refractivity contribution in [3.8, 4) is 45.3 Å². The normalized spacial score (nSPS) is 19.1. The second-order valence-corrected chi connectivity index (χ2v) is 16.6. The average molecular weight is 850 g/mol. The van der Waals surface area contributed by atoms with Gasteiger partial charge in [-0.1, -0.05) is 6.07 Å². The van der Waals surface area contributed by atoms with E-state index in [1.165, 1.54) is 11.3 Å². The zero-order chi connectivity index (χ0) is 41.9. The van der Waals surface area contributed by atoms with Crippen LogP contribution in [0.3, 0.4) is 0 Å². The van der Waals surface area contributed by atoms with Crippen LogP contribution >= 0.6 is 24.2 Å². The molecule has 2 aromatic heterocycles. The molecular weight excluding hydrogens is 807 g/mol. The molecule has 0 spiro atoms. The summed E-state index contributed by atoms with van der Waals surface area (Å²) >= 11 is 5.05.